The fourth-order valence-electron chi connectivity index (χ4n) is 5.74. The summed E-state index contributed by atoms with van der Waals surface area (Å²) in [5.41, 5.74) is 4.79. The lowest BCUT2D eigenvalue weighted by molar-refractivity contribution is -0.117. The normalized spacial score (nSPS) is 21.7. The molecule has 0 radical (unpaired) electrons. The SMILES string of the molecule is O=C(Nc1ccc(-c2ccnc(Nc3ccc(N4CCN(C[C@H]5CCCN5)CC4)cc3)n2)cc1)[C@H]1CCCN1. The summed E-state index contributed by atoms with van der Waals surface area (Å²) < 4.78 is 0. The smallest absolute Gasteiger partial charge is 0.241 e. The Hall–Kier alpha value is -3.53. The number of rotatable bonds is 8. The van der Waals surface area contributed by atoms with Gasteiger partial charge in [-0.2, -0.15) is 0 Å². The molecule has 2 atom stereocenters. The van der Waals surface area contributed by atoms with Gasteiger partial charge < -0.3 is 26.2 Å². The summed E-state index contributed by atoms with van der Waals surface area (Å²) in [6.07, 6.45) is 6.32. The standard InChI is InChI=1S/C30H38N8O/c39-29(28-4-2-15-32-28)34-23-7-5-22(6-8-23)27-13-16-33-30(36-27)35-24-9-11-26(12-10-24)38-19-17-37(18-20-38)21-25-3-1-14-31-25/h5-13,16,25,28,31-32H,1-4,14-15,17-21H2,(H,34,39)(H,33,35,36)/t25-,28-/m1/s1. The van der Waals surface area contributed by atoms with Gasteiger partial charge in [0, 0.05) is 67.6 Å². The van der Waals surface area contributed by atoms with Gasteiger partial charge >= 0.3 is 0 Å². The Morgan fingerprint density at radius 2 is 1.62 bits per heavy atom. The van der Waals surface area contributed by atoms with Crippen molar-refractivity contribution in [1.82, 2.24) is 25.5 Å². The van der Waals surface area contributed by atoms with Gasteiger partial charge in [-0.05, 0) is 81.2 Å². The first-order valence-electron chi connectivity index (χ1n) is 14.3. The van der Waals surface area contributed by atoms with E-state index in [0.29, 0.717) is 12.0 Å². The molecule has 0 aliphatic carbocycles. The summed E-state index contributed by atoms with van der Waals surface area (Å²) in [5, 5.41) is 13.2. The van der Waals surface area contributed by atoms with Crippen LogP contribution in [0.1, 0.15) is 25.7 Å². The Kier molecular flexibility index (Phi) is 7.99. The molecule has 0 bridgehead atoms. The maximum Gasteiger partial charge on any atom is 0.241 e. The van der Waals surface area contributed by atoms with E-state index in [1.165, 1.54) is 31.6 Å². The van der Waals surface area contributed by atoms with Crippen molar-refractivity contribution in [3.8, 4) is 11.3 Å². The Labute approximate surface area is 230 Å². The van der Waals surface area contributed by atoms with E-state index < -0.39 is 0 Å². The van der Waals surface area contributed by atoms with Crippen molar-refractivity contribution in [3.63, 3.8) is 0 Å². The molecule has 9 heteroatoms. The van der Waals surface area contributed by atoms with Gasteiger partial charge in [0.25, 0.3) is 0 Å². The molecule has 204 valence electrons. The summed E-state index contributed by atoms with van der Waals surface area (Å²) in [6, 6.07) is 18.8. The van der Waals surface area contributed by atoms with Crippen LogP contribution < -0.4 is 26.2 Å². The third kappa shape index (κ3) is 6.55. The average Bonchev–Trinajstić information content (AvgIpc) is 3.70. The second-order valence-electron chi connectivity index (χ2n) is 10.7. The van der Waals surface area contributed by atoms with E-state index in [9.17, 15) is 4.79 Å². The molecule has 3 aliphatic heterocycles. The van der Waals surface area contributed by atoms with Crippen molar-refractivity contribution in [3.05, 3.63) is 60.8 Å². The number of aromatic nitrogens is 2. The third-order valence-electron chi connectivity index (χ3n) is 7.98. The van der Waals surface area contributed by atoms with Gasteiger partial charge in [-0.1, -0.05) is 12.1 Å². The number of nitrogens with zero attached hydrogens (tertiary/aromatic N) is 4. The molecular weight excluding hydrogens is 488 g/mol. The van der Waals surface area contributed by atoms with E-state index in [1.807, 2.05) is 30.3 Å². The van der Waals surface area contributed by atoms with Crippen LogP contribution >= 0.6 is 0 Å². The first-order chi connectivity index (χ1) is 19.2. The van der Waals surface area contributed by atoms with Gasteiger partial charge in [0.05, 0.1) is 11.7 Å². The van der Waals surface area contributed by atoms with E-state index in [0.717, 1.165) is 68.2 Å². The molecule has 0 spiro atoms. The quantitative estimate of drug-likeness (QED) is 0.355. The Morgan fingerprint density at radius 3 is 2.33 bits per heavy atom. The number of amides is 1. The van der Waals surface area contributed by atoms with Gasteiger partial charge in [-0.15, -0.1) is 0 Å². The molecule has 3 aliphatic rings. The Morgan fingerprint density at radius 1 is 0.872 bits per heavy atom. The highest BCUT2D eigenvalue weighted by Crippen LogP contribution is 2.24. The number of hydrogen-bond acceptors (Lipinski definition) is 8. The molecule has 4 heterocycles. The average molecular weight is 527 g/mol. The van der Waals surface area contributed by atoms with E-state index in [-0.39, 0.29) is 11.9 Å². The minimum Gasteiger partial charge on any atom is -0.369 e. The molecule has 3 saturated heterocycles. The van der Waals surface area contributed by atoms with Gasteiger partial charge in [0.1, 0.15) is 0 Å². The lowest BCUT2D eigenvalue weighted by Gasteiger charge is -2.37. The number of hydrogen-bond donors (Lipinski definition) is 4. The zero-order valence-electron chi connectivity index (χ0n) is 22.4. The van der Waals surface area contributed by atoms with Crippen LogP contribution in [0.5, 0.6) is 0 Å². The number of carbonyl (C=O) groups excluding carboxylic acids is 1. The van der Waals surface area contributed by atoms with Crippen LogP contribution in [-0.2, 0) is 4.79 Å². The molecule has 0 unspecified atom stereocenters. The molecule has 4 N–H and O–H groups in total. The fourth-order valence-corrected chi connectivity index (χ4v) is 5.74. The molecule has 9 nitrogen and oxygen atoms in total. The lowest BCUT2D eigenvalue weighted by atomic mass is 10.1. The highest BCUT2D eigenvalue weighted by Gasteiger charge is 2.23. The zero-order valence-corrected chi connectivity index (χ0v) is 22.4. The van der Waals surface area contributed by atoms with E-state index in [1.54, 1.807) is 6.20 Å². The summed E-state index contributed by atoms with van der Waals surface area (Å²) in [5.74, 6) is 0.581. The molecule has 1 aromatic heterocycles. The predicted molar refractivity (Wildman–Crippen MR) is 157 cm³/mol. The molecule has 6 rings (SSSR count). The van der Waals surface area contributed by atoms with Crippen LogP contribution in [0.3, 0.4) is 0 Å². The first-order valence-corrected chi connectivity index (χ1v) is 14.3. The Balaban J connectivity index is 1.02. The second kappa shape index (κ2) is 12.1. The van der Waals surface area contributed by atoms with Crippen LogP contribution in [0.2, 0.25) is 0 Å². The maximum absolute atomic E-state index is 12.4. The van der Waals surface area contributed by atoms with Gasteiger partial charge in [-0.25, -0.2) is 9.97 Å². The Bertz CT molecular complexity index is 1230. The van der Waals surface area contributed by atoms with E-state index >= 15 is 0 Å². The minimum absolute atomic E-state index is 0.0268. The minimum atomic E-state index is -0.0940. The van der Waals surface area contributed by atoms with Gasteiger partial charge in [-0.3, -0.25) is 9.69 Å². The summed E-state index contributed by atoms with van der Waals surface area (Å²) in [6.45, 7) is 7.60. The van der Waals surface area contributed by atoms with Crippen molar-refractivity contribution in [2.24, 2.45) is 0 Å². The molecule has 3 aromatic rings. The molecule has 3 fully saturated rings. The van der Waals surface area contributed by atoms with E-state index in [4.69, 9.17) is 4.98 Å². The fraction of sp³-hybridized carbons (Fsp3) is 0.433. The van der Waals surface area contributed by atoms with Crippen molar-refractivity contribution in [1.29, 1.82) is 0 Å². The number of anilines is 4. The zero-order chi connectivity index (χ0) is 26.4. The molecular formula is C30H38N8O. The molecule has 0 saturated carbocycles. The van der Waals surface area contributed by atoms with Crippen LogP contribution in [0.4, 0.5) is 23.0 Å². The largest absolute Gasteiger partial charge is 0.369 e. The maximum atomic E-state index is 12.4. The van der Waals surface area contributed by atoms with E-state index in [2.05, 4.69) is 60.3 Å². The van der Waals surface area contributed by atoms with Gasteiger partial charge in [0.2, 0.25) is 11.9 Å². The first kappa shape index (κ1) is 25.7. The molecule has 39 heavy (non-hydrogen) atoms. The van der Waals surface area contributed by atoms with Crippen molar-refractivity contribution < 1.29 is 4.79 Å². The molecule has 1 amide bonds. The highest BCUT2D eigenvalue weighted by molar-refractivity contribution is 5.95. The summed E-state index contributed by atoms with van der Waals surface area (Å²) in [7, 11) is 0. The number of benzene rings is 2. The lowest BCUT2D eigenvalue weighted by Crippen LogP contribution is -2.49. The number of carbonyl (C=O) groups is 1. The van der Waals surface area contributed by atoms with Crippen LogP contribution in [0.25, 0.3) is 11.3 Å². The predicted octanol–water partition coefficient (Wildman–Crippen LogP) is 3.45. The monoisotopic (exact) mass is 526 g/mol. The van der Waals surface area contributed by atoms with Crippen molar-refractivity contribution in [2.75, 3.05) is 61.3 Å². The molecule has 2 aromatic carbocycles. The third-order valence-corrected chi connectivity index (χ3v) is 7.98. The number of piperazine rings is 1. The van der Waals surface area contributed by atoms with Crippen molar-refractivity contribution >= 4 is 28.9 Å². The van der Waals surface area contributed by atoms with Crippen LogP contribution in [0, 0.1) is 0 Å². The highest BCUT2D eigenvalue weighted by atomic mass is 16.2. The van der Waals surface area contributed by atoms with Crippen LogP contribution in [-0.4, -0.2) is 78.7 Å². The topological polar surface area (TPSA) is 97.5 Å². The second-order valence-corrected chi connectivity index (χ2v) is 10.7. The van der Waals surface area contributed by atoms with Crippen molar-refractivity contribution in [2.45, 2.75) is 37.8 Å². The van der Waals surface area contributed by atoms with Crippen LogP contribution in [0.15, 0.2) is 60.8 Å². The number of nitrogens with one attached hydrogen (secondary N) is 4. The van der Waals surface area contributed by atoms with Gasteiger partial charge in [0.15, 0.2) is 0 Å². The summed E-state index contributed by atoms with van der Waals surface area (Å²) in [4.78, 5) is 26.6. The summed E-state index contributed by atoms with van der Waals surface area (Å²) >= 11 is 0.